The molecule has 3 aromatic heterocycles. The van der Waals surface area contributed by atoms with Gasteiger partial charge in [0.25, 0.3) is 5.91 Å². The topological polar surface area (TPSA) is 46.9 Å². The van der Waals surface area contributed by atoms with Crippen LogP contribution in [0.2, 0.25) is 4.34 Å². The van der Waals surface area contributed by atoms with Gasteiger partial charge in [-0.15, -0.1) is 0 Å². The molecular weight excluding hydrogens is 374 g/mol. The minimum absolute atomic E-state index is 0.147. The Morgan fingerprint density at radius 3 is 2.88 bits per heavy atom. The van der Waals surface area contributed by atoms with E-state index in [4.69, 9.17) is 11.6 Å². The lowest BCUT2D eigenvalue weighted by molar-refractivity contribution is 0.101. The van der Waals surface area contributed by atoms with Gasteiger partial charge in [-0.3, -0.25) is 10.1 Å². The summed E-state index contributed by atoms with van der Waals surface area (Å²) in [6, 6.07) is 4.11. The summed E-state index contributed by atoms with van der Waals surface area (Å²) in [5, 5.41) is 7.59. The molecule has 132 valence electrons. The fraction of sp³-hybridized carbons (Fsp3) is 0.333. The number of nitrogens with one attached hydrogen (secondary N) is 1. The van der Waals surface area contributed by atoms with Crippen molar-refractivity contribution in [1.82, 2.24) is 9.55 Å². The molecule has 0 aliphatic carbocycles. The van der Waals surface area contributed by atoms with Crippen LogP contribution in [0.5, 0.6) is 0 Å². The zero-order chi connectivity index (χ0) is 17.8. The Morgan fingerprint density at radius 2 is 2.24 bits per heavy atom. The SMILES string of the molecule is CC(C)Cc1cc(C(=O)Nc2ncc(Cl)s2)n(CCc2ccsc2)c1. The lowest BCUT2D eigenvalue weighted by Crippen LogP contribution is -2.17. The summed E-state index contributed by atoms with van der Waals surface area (Å²) in [5.74, 6) is 0.396. The zero-order valence-electron chi connectivity index (χ0n) is 14.2. The number of amides is 1. The molecule has 4 nitrogen and oxygen atoms in total. The van der Waals surface area contributed by atoms with Crippen molar-refractivity contribution in [2.24, 2.45) is 5.92 Å². The third-order valence-corrected chi connectivity index (χ3v) is 5.51. The fourth-order valence-corrected chi connectivity index (χ4v) is 4.20. The maximum atomic E-state index is 12.7. The van der Waals surface area contributed by atoms with Gasteiger partial charge in [-0.25, -0.2) is 4.98 Å². The number of thiophene rings is 1. The lowest BCUT2D eigenvalue weighted by Gasteiger charge is -2.08. The molecule has 25 heavy (non-hydrogen) atoms. The Morgan fingerprint density at radius 1 is 1.40 bits per heavy atom. The third kappa shape index (κ3) is 4.93. The van der Waals surface area contributed by atoms with Crippen molar-refractivity contribution >= 4 is 45.3 Å². The molecule has 1 N–H and O–H groups in total. The number of halogens is 1. The predicted octanol–water partition coefficient (Wildman–Crippen LogP) is 5.35. The Kier molecular flexibility index (Phi) is 5.93. The molecule has 0 radical (unpaired) electrons. The van der Waals surface area contributed by atoms with Gasteiger partial charge < -0.3 is 4.57 Å². The monoisotopic (exact) mass is 393 g/mol. The molecule has 0 saturated heterocycles. The number of hydrogen-bond donors (Lipinski definition) is 1. The molecule has 0 spiro atoms. The van der Waals surface area contributed by atoms with Gasteiger partial charge in [0.15, 0.2) is 5.13 Å². The first kappa shape index (κ1) is 18.2. The molecule has 0 unspecified atom stereocenters. The molecule has 3 heterocycles. The highest BCUT2D eigenvalue weighted by atomic mass is 35.5. The van der Waals surface area contributed by atoms with Gasteiger partial charge in [-0.1, -0.05) is 36.8 Å². The van der Waals surface area contributed by atoms with Gasteiger partial charge >= 0.3 is 0 Å². The number of rotatable bonds is 7. The number of aryl methyl sites for hydroxylation is 2. The lowest BCUT2D eigenvalue weighted by atomic mass is 10.1. The second-order valence-corrected chi connectivity index (χ2v) is 8.77. The van der Waals surface area contributed by atoms with E-state index >= 15 is 0 Å². The first-order valence-corrected chi connectivity index (χ1v) is 10.3. The number of thiazole rings is 1. The van der Waals surface area contributed by atoms with Crippen LogP contribution < -0.4 is 5.32 Å². The molecule has 0 saturated carbocycles. The Bertz CT molecular complexity index is 837. The van der Waals surface area contributed by atoms with Crippen LogP contribution >= 0.6 is 34.3 Å². The van der Waals surface area contributed by atoms with E-state index in [9.17, 15) is 4.79 Å². The molecule has 3 aromatic rings. The summed E-state index contributed by atoms with van der Waals surface area (Å²) < 4.78 is 2.60. The van der Waals surface area contributed by atoms with E-state index in [1.165, 1.54) is 22.5 Å². The van der Waals surface area contributed by atoms with Crippen LogP contribution in [0.3, 0.4) is 0 Å². The standard InChI is InChI=1S/C18H20ClN3OS2/c1-12(2)7-14-8-15(17(23)21-18-20-9-16(19)25-18)22(10-14)5-3-13-4-6-24-11-13/h4,6,8-12H,3,5,7H2,1-2H3,(H,20,21,23). The highest BCUT2D eigenvalue weighted by Crippen LogP contribution is 2.23. The van der Waals surface area contributed by atoms with Crippen molar-refractivity contribution in [3.63, 3.8) is 0 Å². The third-order valence-electron chi connectivity index (χ3n) is 3.75. The Balaban J connectivity index is 1.78. The molecule has 0 aromatic carbocycles. The molecule has 0 atom stereocenters. The van der Waals surface area contributed by atoms with Gasteiger partial charge in [0.1, 0.15) is 10.0 Å². The molecule has 0 bridgehead atoms. The number of nitrogens with zero attached hydrogens (tertiary/aromatic N) is 2. The zero-order valence-corrected chi connectivity index (χ0v) is 16.5. The highest BCUT2D eigenvalue weighted by molar-refractivity contribution is 7.19. The second-order valence-electron chi connectivity index (χ2n) is 6.33. The van der Waals surface area contributed by atoms with Crippen LogP contribution in [-0.4, -0.2) is 15.5 Å². The van der Waals surface area contributed by atoms with Crippen molar-refractivity contribution in [3.8, 4) is 0 Å². The average molecular weight is 394 g/mol. The largest absolute Gasteiger partial charge is 0.343 e. The van der Waals surface area contributed by atoms with Crippen molar-refractivity contribution < 1.29 is 4.79 Å². The van der Waals surface area contributed by atoms with Crippen LogP contribution in [-0.2, 0) is 19.4 Å². The van der Waals surface area contributed by atoms with Gasteiger partial charge in [0.05, 0.1) is 6.20 Å². The number of carbonyl (C=O) groups excluding carboxylic acids is 1. The van der Waals surface area contributed by atoms with E-state index in [2.05, 4.69) is 47.2 Å². The van der Waals surface area contributed by atoms with Crippen LogP contribution in [0.1, 0.15) is 35.5 Å². The summed E-state index contributed by atoms with van der Waals surface area (Å²) in [7, 11) is 0. The Labute approximate surface area is 160 Å². The summed E-state index contributed by atoms with van der Waals surface area (Å²) >= 11 is 8.84. The molecule has 3 rings (SSSR count). The quantitative estimate of drug-likeness (QED) is 0.587. The summed E-state index contributed by atoms with van der Waals surface area (Å²) in [6.45, 7) is 5.14. The van der Waals surface area contributed by atoms with E-state index in [0.717, 1.165) is 19.4 Å². The van der Waals surface area contributed by atoms with Crippen LogP contribution in [0.15, 0.2) is 35.3 Å². The summed E-state index contributed by atoms with van der Waals surface area (Å²) in [6.07, 6.45) is 5.50. The number of hydrogen-bond acceptors (Lipinski definition) is 4. The predicted molar refractivity (Wildman–Crippen MR) is 106 cm³/mol. The van der Waals surface area contributed by atoms with Crippen molar-refractivity contribution in [2.75, 3.05) is 5.32 Å². The highest BCUT2D eigenvalue weighted by Gasteiger charge is 2.16. The maximum Gasteiger partial charge on any atom is 0.274 e. The normalized spacial score (nSPS) is 11.2. The smallest absolute Gasteiger partial charge is 0.274 e. The van der Waals surface area contributed by atoms with Gasteiger partial charge in [0.2, 0.25) is 0 Å². The van der Waals surface area contributed by atoms with Crippen LogP contribution in [0.25, 0.3) is 0 Å². The van der Waals surface area contributed by atoms with Gasteiger partial charge in [-0.05, 0) is 52.8 Å². The van der Waals surface area contributed by atoms with E-state index in [-0.39, 0.29) is 5.91 Å². The Hall–Kier alpha value is -1.63. The number of carbonyl (C=O) groups is 1. The molecular formula is C18H20ClN3OS2. The van der Waals surface area contributed by atoms with E-state index in [1.807, 2.05) is 10.6 Å². The van der Waals surface area contributed by atoms with Crippen LogP contribution in [0.4, 0.5) is 5.13 Å². The van der Waals surface area contributed by atoms with Crippen LogP contribution in [0, 0.1) is 5.92 Å². The first-order chi connectivity index (χ1) is 12.0. The van der Waals surface area contributed by atoms with Crippen molar-refractivity contribution in [3.05, 3.63) is 56.4 Å². The number of aromatic nitrogens is 2. The average Bonchev–Trinajstić information content (AvgIpc) is 3.26. The minimum atomic E-state index is -0.147. The molecule has 0 aliphatic heterocycles. The maximum absolute atomic E-state index is 12.7. The minimum Gasteiger partial charge on any atom is -0.343 e. The van der Waals surface area contributed by atoms with E-state index in [0.29, 0.717) is 21.1 Å². The van der Waals surface area contributed by atoms with E-state index in [1.54, 1.807) is 17.5 Å². The first-order valence-electron chi connectivity index (χ1n) is 8.14. The molecule has 0 aliphatic rings. The molecule has 0 fully saturated rings. The van der Waals surface area contributed by atoms with Gasteiger partial charge in [-0.2, -0.15) is 11.3 Å². The van der Waals surface area contributed by atoms with Crippen molar-refractivity contribution in [2.45, 2.75) is 33.2 Å². The molecule has 1 amide bonds. The van der Waals surface area contributed by atoms with Gasteiger partial charge in [0, 0.05) is 12.7 Å². The molecule has 7 heteroatoms. The fourth-order valence-electron chi connectivity index (χ4n) is 2.69. The van der Waals surface area contributed by atoms with Crippen molar-refractivity contribution in [1.29, 1.82) is 0 Å². The summed E-state index contributed by atoms with van der Waals surface area (Å²) in [5.41, 5.74) is 3.14. The second kappa shape index (κ2) is 8.17. The number of anilines is 1. The van der Waals surface area contributed by atoms with E-state index < -0.39 is 0 Å². The summed E-state index contributed by atoms with van der Waals surface area (Å²) in [4.78, 5) is 16.8.